The summed E-state index contributed by atoms with van der Waals surface area (Å²) < 4.78 is 0. The van der Waals surface area contributed by atoms with Crippen LogP contribution >= 0.6 is 0 Å². The Morgan fingerprint density at radius 3 is 2.38 bits per heavy atom. The zero-order chi connectivity index (χ0) is 14.3. The second-order valence-electron chi connectivity index (χ2n) is 5.96. The summed E-state index contributed by atoms with van der Waals surface area (Å²) in [6.07, 6.45) is 7.61. The normalized spacial score (nSPS) is 19.5. The molecule has 2 aromatic carbocycles. The molecule has 1 nitrogen and oxygen atoms in total. The van der Waals surface area contributed by atoms with Crippen LogP contribution in [0.25, 0.3) is 0 Å². The molecular formula is C20H24N. The van der Waals surface area contributed by atoms with E-state index < -0.39 is 0 Å². The van der Waals surface area contributed by atoms with Crippen LogP contribution in [0.1, 0.15) is 36.8 Å². The number of hydrogen-bond acceptors (Lipinski definition) is 1. The maximum absolute atomic E-state index is 2.66. The Hall–Kier alpha value is -1.60. The van der Waals surface area contributed by atoms with Crippen LogP contribution in [0.4, 0.5) is 0 Å². The van der Waals surface area contributed by atoms with Gasteiger partial charge >= 0.3 is 0 Å². The molecule has 0 amide bonds. The minimum absolute atomic E-state index is 0.694. The van der Waals surface area contributed by atoms with Crippen molar-refractivity contribution in [2.24, 2.45) is 0 Å². The van der Waals surface area contributed by atoms with Crippen molar-refractivity contribution in [2.75, 3.05) is 6.54 Å². The van der Waals surface area contributed by atoms with Gasteiger partial charge in [0, 0.05) is 12.6 Å². The SMILES string of the molecule is [CH](CC1CCCCN1Cc1ccccc1)c1ccccc1. The van der Waals surface area contributed by atoms with Crippen LogP contribution in [0, 0.1) is 6.42 Å². The van der Waals surface area contributed by atoms with Gasteiger partial charge < -0.3 is 0 Å². The monoisotopic (exact) mass is 278 g/mol. The Labute approximate surface area is 128 Å². The zero-order valence-corrected chi connectivity index (χ0v) is 12.6. The van der Waals surface area contributed by atoms with Gasteiger partial charge in [0.25, 0.3) is 0 Å². The van der Waals surface area contributed by atoms with Gasteiger partial charge in [-0.1, -0.05) is 67.1 Å². The van der Waals surface area contributed by atoms with Crippen molar-refractivity contribution in [3.05, 3.63) is 78.2 Å². The van der Waals surface area contributed by atoms with Crippen molar-refractivity contribution < 1.29 is 0 Å². The maximum Gasteiger partial charge on any atom is 0.0236 e. The molecule has 2 aromatic rings. The highest BCUT2D eigenvalue weighted by atomic mass is 15.2. The largest absolute Gasteiger partial charge is 0.296 e. The lowest BCUT2D eigenvalue weighted by atomic mass is 9.95. The zero-order valence-electron chi connectivity index (χ0n) is 12.6. The lowest BCUT2D eigenvalue weighted by Crippen LogP contribution is -2.38. The van der Waals surface area contributed by atoms with Crippen LogP contribution in [-0.2, 0) is 6.54 Å². The lowest BCUT2D eigenvalue weighted by molar-refractivity contribution is 0.139. The molecule has 21 heavy (non-hydrogen) atoms. The Morgan fingerprint density at radius 1 is 0.905 bits per heavy atom. The van der Waals surface area contributed by atoms with E-state index in [1.807, 2.05) is 0 Å². The third kappa shape index (κ3) is 4.18. The highest BCUT2D eigenvalue weighted by Crippen LogP contribution is 2.24. The first kappa shape index (κ1) is 14.3. The summed E-state index contributed by atoms with van der Waals surface area (Å²) in [5.41, 5.74) is 2.78. The van der Waals surface area contributed by atoms with Crippen molar-refractivity contribution >= 4 is 0 Å². The fourth-order valence-electron chi connectivity index (χ4n) is 3.21. The lowest BCUT2D eigenvalue weighted by Gasteiger charge is -2.36. The molecule has 1 heteroatoms. The van der Waals surface area contributed by atoms with Crippen molar-refractivity contribution in [1.82, 2.24) is 4.90 Å². The summed E-state index contributed by atoms with van der Waals surface area (Å²) in [7, 11) is 0. The molecule has 3 rings (SSSR count). The molecule has 1 heterocycles. The summed E-state index contributed by atoms with van der Waals surface area (Å²) >= 11 is 0. The van der Waals surface area contributed by atoms with Gasteiger partial charge in [0.15, 0.2) is 0 Å². The van der Waals surface area contributed by atoms with Gasteiger partial charge in [-0.25, -0.2) is 0 Å². The van der Waals surface area contributed by atoms with Crippen molar-refractivity contribution in [3.63, 3.8) is 0 Å². The second kappa shape index (κ2) is 7.42. The summed E-state index contributed by atoms with van der Waals surface area (Å²) in [5, 5.41) is 0. The van der Waals surface area contributed by atoms with Crippen LogP contribution < -0.4 is 0 Å². The number of nitrogens with zero attached hydrogens (tertiary/aromatic N) is 1. The van der Waals surface area contributed by atoms with Gasteiger partial charge in [-0.15, -0.1) is 0 Å². The number of piperidine rings is 1. The number of rotatable bonds is 5. The van der Waals surface area contributed by atoms with E-state index in [1.165, 1.54) is 36.9 Å². The topological polar surface area (TPSA) is 3.24 Å². The predicted octanol–water partition coefficient (Wildman–Crippen LogP) is 4.68. The third-order valence-electron chi connectivity index (χ3n) is 4.40. The van der Waals surface area contributed by atoms with E-state index in [1.54, 1.807) is 0 Å². The van der Waals surface area contributed by atoms with E-state index in [4.69, 9.17) is 0 Å². The highest BCUT2D eigenvalue weighted by Gasteiger charge is 2.22. The molecule has 0 saturated carbocycles. The predicted molar refractivity (Wildman–Crippen MR) is 89.0 cm³/mol. The minimum Gasteiger partial charge on any atom is -0.296 e. The van der Waals surface area contributed by atoms with E-state index in [2.05, 4.69) is 72.0 Å². The van der Waals surface area contributed by atoms with E-state index in [0.717, 1.165) is 13.0 Å². The second-order valence-corrected chi connectivity index (χ2v) is 5.96. The molecule has 1 radical (unpaired) electrons. The Balaban J connectivity index is 1.59. The third-order valence-corrected chi connectivity index (χ3v) is 4.40. The first-order valence-electron chi connectivity index (χ1n) is 8.08. The summed E-state index contributed by atoms with van der Waals surface area (Å²) in [6.45, 7) is 2.33. The molecule has 0 spiro atoms. The quantitative estimate of drug-likeness (QED) is 0.767. The summed E-state index contributed by atoms with van der Waals surface area (Å²) in [4.78, 5) is 2.66. The molecule has 0 aromatic heterocycles. The smallest absolute Gasteiger partial charge is 0.0236 e. The minimum atomic E-state index is 0.694. The standard InChI is InChI=1S/C20H24N/c1-3-9-18(10-4-1)14-15-20-13-7-8-16-21(20)17-19-11-5-2-6-12-19/h1-6,9-12,14,20H,7-8,13,15-17H2. The number of likely N-dealkylation sites (tertiary alicyclic amines) is 1. The van der Waals surface area contributed by atoms with Gasteiger partial charge in [-0.2, -0.15) is 0 Å². The molecule has 1 aliphatic rings. The van der Waals surface area contributed by atoms with Gasteiger partial charge in [0.05, 0.1) is 0 Å². The average Bonchev–Trinajstić information content (AvgIpc) is 2.56. The van der Waals surface area contributed by atoms with Crippen molar-refractivity contribution in [3.8, 4) is 0 Å². The fraction of sp³-hybridized carbons (Fsp3) is 0.350. The van der Waals surface area contributed by atoms with Crippen molar-refractivity contribution in [2.45, 2.75) is 38.3 Å². The molecule has 0 bridgehead atoms. The molecule has 0 N–H and O–H groups in total. The van der Waals surface area contributed by atoms with Crippen LogP contribution in [0.5, 0.6) is 0 Å². The van der Waals surface area contributed by atoms with Gasteiger partial charge in [0.2, 0.25) is 0 Å². The molecule has 1 fully saturated rings. The van der Waals surface area contributed by atoms with Gasteiger partial charge in [-0.3, -0.25) is 4.90 Å². The maximum atomic E-state index is 2.66. The number of hydrogen-bond donors (Lipinski definition) is 0. The van der Waals surface area contributed by atoms with Gasteiger partial charge in [-0.05, 0) is 43.4 Å². The van der Waals surface area contributed by atoms with Crippen LogP contribution in [0.15, 0.2) is 60.7 Å². The summed E-state index contributed by atoms with van der Waals surface area (Å²) in [6, 6.07) is 22.3. The molecule has 109 valence electrons. The van der Waals surface area contributed by atoms with E-state index >= 15 is 0 Å². The molecule has 1 unspecified atom stereocenters. The Kier molecular flexibility index (Phi) is 5.07. The Morgan fingerprint density at radius 2 is 1.62 bits per heavy atom. The van der Waals surface area contributed by atoms with Crippen LogP contribution in [0.2, 0.25) is 0 Å². The Bertz CT molecular complexity index is 520. The average molecular weight is 278 g/mol. The molecule has 1 atom stereocenters. The summed E-state index contributed by atoms with van der Waals surface area (Å²) in [5.74, 6) is 0. The van der Waals surface area contributed by atoms with Gasteiger partial charge in [0.1, 0.15) is 0 Å². The van der Waals surface area contributed by atoms with E-state index in [0.29, 0.717) is 6.04 Å². The molecule has 0 aliphatic carbocycles. The molecular weight excluding hydrogens is 254 g/mol. The first-order valence-corrected chi connectivity index (χ1v) is 8.08. The molecule has 1 saturated heterocycles. The highest BCUT2D eigenvalue weighted by molar-refractivity contribution is 5.22. The van der Waals surface area contributed by atoms with Crippen LogP contribution in [-0.4, -0.2) is 17.5 Å². The number of benzene rings is 2. The fourth-order valence-corrected chi connectivity index (χ4v) is 3.21. The van der Waals surface area contributed by atoms with E-state index in [-0.39, 0.29) is 0 Å². The molecule has 1 aliphatic heterocycles. The van der Waals surface area contributed by atoms with E-state index in [9.17, 15) is 0 Å². The van der Waals surface area contributed by atoms with Crippen LogP contribution in [0.3, 0.4) is 0 Å². The van der Waals surface area contributed by atoms with Crippen molar-refractivity contribution in [1.29, 1.82) is 0 Å². The first-order chi connectivity index (χ1) is 10.4.